The zero-order chi connectivity index (χ0) is 9.84. The van der Waals surface area contributed by atoms with Crippen LogP contribution >= 0.6 is 11.3 Å². The maximum Gasteiger partial charge on any atom is 0.425 e. The van der Waals surface area contributed by atoms with Crippen LogP contribution in [-0.4, -0.2) is 16.9 Å². The van der Waals surface area contributed by atoms with Gasteiger partial charge in [-0.1, -0.05) is 0 Å². The summed E-state index contributed by atoms with van der Waals surface area (Å²) in [5.74, 6) is 0. The molecule has 1 aromatic rings. The Balaban J connectivity index is 2.72. The molecule has 0 saturated heterocycles. The van der Waals surface area contributed by atoms with E-state index in [0.717, 1.165) is 10.4 Å². The van der Waals surface area contributed by atoms with Gasteiger partial charge in [0.15, 0.2) is 0 Å². The minimum absolute atomic E-state index is 0.681. The second kappa shape index (κ2) is 4.04. The van der Waals surface area contributed by atoms with E-state index < -0.39 is 6.09 Å². The normalized spacial score (nSPS) is 11.4. The van der Waals surface area contributed by atoms with Gasteiger partial charge in [0.05, 0.1) is 10.6 Å². The van der Waals surface area contributed by atoms with E-state index in [4.69, 9.17) is 5.11 Å². The summed E-state index contributed by atoms with van der Waals surface area (Å²) in [5.41, 5.74) is 3.80. The molecule has 0 fully saturated rings. The van der Waals surface area contributed by atoms with E-state index in [-0.39, 0.29) is 0 Å². The molecule has 2 N–H and O–H groups in total. The van der Waals surface area contributed by atoms with Crippen LogP contribution in [0.2, 0.25) is 0 Å². The van der Waals surface area contributed by atoms with Crippen molar-refractivity contribution in [1.29, 1.82) is 0 Å². The number of hydrogen-bond donors (Lipinski definition) is 2. The SMILES string of the molecule is C/C(=N/NC(=O)O)c1cc(C)cs1. The first-order chi connectivity index (χ1) is 6.09. The number of amides is 1. The van der Waals surface area contributed by atoms with Crippen molar-refractivity contribution in [3.63, 3.8) is 0 Å². The van der Waals surface area contributed by atoms with Crippen LogP contribution in [0.5, 0.6) is 0 Å². The molecule has 13 heavy (non-hydrogen) atoms. The third kappa shape index (κ3) is 2.87. The third-order valence-corrected chi connectivity index (χ3v) is 2.56. The summed E-state index contributed by atoms with van der Waals surface area (Å²) in [6, 6.07) is 1.97. The number of carboxylic acid groups (broad SMARTS) is 1. The fourth-order valence-electron chi connectivity index (χ4n) is 0.808. The van der Waals surface area contributed by atoms with Crippen LogP contribution in [0.15, 0.2) is 16.5 Å². The van der Waals surface area contributed by atoms with Gasteiger partial charge < -0.3 is 5.11 Å². The van der Waals surface area contributed by atoms with Crippen LogP contribution in [0.25, 0.3) is 0 Å². The molecule has 1 aromatic heterocycles. The van der Waals surface area contributed by atoms with E-state index in [0.29, 0.717) is 5.71 Å². The third-order valence-electron chi connectivity index (χ3n) is 1.41. The summed E-state index contributed by atoms with van der Waals surface area (Å²) in [6.45, 7) is 3.75. The van der Waals surface area contributed by atoms with Gasteiger partial charge in [-0.3, -0.25) is 0 Å². The Labute approximate surface area is 79.9 Å². The highest BCUT2D eigenvalue weighted by Crippen LogP contribution is 2.14. The van der Waals surface area contributed by atoms with Crippen molar-refractivity contribution in [2.75, 3.05) is 0 Å². The Bertz CT molecular complexity index is 344. The van der Waals surface area contributed by atoms with E-state index in [1.807, 2.05) is 23.8 Å². The summed E-state index contributed by atoms with van der Waals surface area (Å²) in [4.78, 5) is 11.1. The van der Waals surface area contributed by atoms with Crippen molar-refractivity contribution in [2.24, 2.45) is 5.10 Å². The fraction of sp³-hybridized carbons (Fsp3) is 0.250. The van der Waals surface area contributed by atoms with Crippen molar-refractivity contribution >= 4 is 23.1 Å². The molecule has 0 aliphatic rings. The van der Waals surface area contributed by atoms with Crippen molar-refractivity contribution < 1.29 is 9.90 Å². The standard InChI is InChI=1S/C8H10N2O2S/c1-5-3-7(13-4-5)6(2)9-10-8(11)12/h3-4,10H,1-2H3,(H,11,12)/b9-6-. The van der Waals surface area contributed by atoms with Gasteiger partial charge in [0.1, 0.15) is 0 Å². The summed E-state index contributed by atoms with van der Waals surface area (Å²) in [7, 11) is 0. The lowest BCUT2D eigenvalue weighted by Crippen LogP contribution is -2.15. The average Bonchev–Trinajstić information content (AvgIpc) is 2.47. The second-order valence-electron chi connectivity index (χ2n) is 2.60. The smallest absolute Gasteiger partial charge is 0.425 e. The first-order valence-corrected chi connectivity index (χ1v) is 4.56. The number of nitrogens with one attached hydrogen (secondary N) is 1. The highest BCUT2D eigenvalue weighted by molar-refractivity contribution is 7.12. The number of carbonyl (C=O) groups is 1. The molecule has 0 aliphatic carbocycles. The van der Waals surface area contributed by atoms with Gasteiger partial charge >= 0.3 is 6.09 Å². The number of hydrazone groups is 1. The Kier molecular flexibility index (Phi) is 3.02. The fourth-order valence-corrected chi connectivity index (χ4v) is 1.66. The number of thiophene rings is 1. The quantitative estimate of drug-likeness (QED) is 0.564. The van der Waals surface area contributed by atoms with Crippen molar-refractivity contribution in [3.8, 4) is 0 Å². The van der Waals surface area contributed by atoms with Crippen LogP contribution in [0.3, 0.4) is 0 Å². The molecule has 70 valence electrons. The van der Waals surface area contributed by atoms with Gasteiger partial charge in [-0.2, -0.15) is 5.10 Å². The van der Waals surface area contributed by atoms with Crippen LogP contribution in [-0.2, 0) is 0 Å². The van der Waals surface area contributed by atoms with Crippen LogP contribution in [0.1, 0.15) is 17.4 Å². The van der Waals surface area contributed by atoms with E-state index in [9.17, 15) is 4.79 Å². The molecule has 0 atom stereocenters. The lowest BCUT2D eigenvalue weighted by atomic mass is 10.3. The van der Waals surface area contributed by atoms with Gasteiger partial charge in [-0.15, -0.1) is 11.3 Å². The van der Waals surface area contributed by atoms with E-state index in [1.165, 1.54) is 0 Å². The first-order valence-electron chi connectivity index (χ1n) is 3.68. The summed E-state index contributed by atoms with van der Waals surface area (Å²) >= 11 is 1.55. The molecule has 0 bridgehead atoms. The largest absolute Gasteiger partial charge is 0.464 e. The molecule has 1 rings (SSSR count). The monoisotopic (exact) mass is 198 g/mol. The topological polar surface area (TPSA) is 61.7 Å². The highest BCUT2D eigenvalue weighted by atomic mass is 32.1. The molecule has 4 nitrogen and oxygen atoms in total. The molecule has 0 saturated carbocycles. The number of aryl methyl sites for hydroxylation is 1. The Morgan fingerprint density at radius 2 is 2.38 bits per heavy atom. The lowest BCUT2D eigenvalue weighted by molar-refractivity contribution is 0.195. The summed E-state index contributed by atoms with van der Waals surface area (Å²) in [5, 5.41) is 14.0. The number of rotatable bonds is 2. The zero-order valence-electron chi connectivity index (χ0n) is 7.37. The Morgan fingerprint density at radius 1 is 1.69 bits per heavy atom. The van der Waals surface area contributed by atoms with Gasteiger partial charge in [-0.05, 0) is 30.9 Å². The second-order valence-corrected chi connectivity index (χ2v) is 3.51. The Hall–Kier alpha value is -1.36. The molecule has 0 spiro atoms. The molecule has 0 aliphatic heterocycles. The molecule has 0 aromatic carbocycles. The van der Waals surface area contributed by atoms with Gasteiger partial charge in [-0.25, -0.2) is 10.2 Å². The molecule has 0 radical (unpaired) electrons. The number of hydrogen-bond acceptors (Lipinski definition) is 3. The molecule has 1 heterocycles. The maximum absolute atomic E-state index is 10.1. The molecular weight excluding hydrogens is 188 g/mol. The minimum Gasteiger partial charge on any atom is -0.464 e. The van der Waals surface area contributed by atoms with Crippen LogP contribution in [0, 0.1) is 6.92 Å². The first kappa shape index (κ1) is 9.73. The van der Waals surface area contributed by atoms with E-state index in [2.05, 4.69) is 5.10 Å². The molecule has 1 amide bonds. The van der Waals surface area contributed by atoms with Crippen molar-refractivity contribution in [2.45, 2.75) is 13.8 Å². The predicted octanol–water partition coefficient (Wildman–Crippen LogP) is 2.05. The van der Waals surface area contributed by atoms with Crippen LogP contribution in [0.4, 0.5) is 4.79 Å². The van der Waals surface area contributed by atoms with E-state index in [1.54, 1.807) is 18.3 Å². The van der Waals surface area contributed by atoms with Gasteiger partial charge in [0.25, 0.3) is 0 Å². The van der Waals surface area contributed by atoms with E-state index >= 15 is 0 Å². The minimum atomic E-state index is -1.15. The highest BCUT2D eigenvalue weighted by Gasteiger charge is 2.00. The maximum atomic E-state index is 10.1. The van der Waals surface area contributed by atoms with Crippen molar-refractivity contribution in [3.05, 3.63) is 21.9 Å². The van der Waals surface area contributed by atoms with Gasteiger partial charge in [0.2, 0.25) is 0 Å². The summed E-state index contributed by atoms with van der Waals surface area (Å²) < 4.78 is 0. The summed E-state index contributed by atoms with van der Waals surface area (Å²) in [6.07, 6.45) is -1.15. The Morgan fingerprint density at radius 3 is 2.85 bits per heavy atom. The molecular formula is C8H10N2O2S. The lowest BCUT2D eigenvalue weighted by Gasteiger charge is -1.94. The zero-order valence-corrected chi connectivity index (χ0v) is 8.18. The van der Waals surface area contributed by atoms with Crippen LogP contribution < -0.4 is 5.43 Å². The van der Waals surface area contributed by atoms with Gasteiger partial charge in [0, 0.05) is 0 Å². The average molecular weight is 198 g/mol. The predicted molar refractivity (Wildman–Crippen MR) is 52.4 cm³/mol. The number of nitrogens with zero attached hydrogens (tertiary/aromatic N) is 1. The molecule has 5 heteroatoms. The van der Waals surface area contributed by atoms with Crippen molar-refractivity contribution in [1.82, 2.24) is 5.43 Å². The molecule has 0 unspecified atom stereocenters.